The van der Waals surface area contributed by atoms with Crippen LogP contribution >= 0.6 is 0 Å². The number of aliphatic hydroxyl groups excluding tert-OH is 1. The highest BCUT2D eigenvalue weighted by Crippen LogP contribution is 2.27. The lowest BCUT2D eigenvalue weighted by atomic mass is 10.1. The van der Waals surface area contributed by atoms with Gasteiger partial charge in [-0.2, -0.15) is 0 Å². The number of sulfone groups is 2. The van der Waals surface area contributed by atoms with E-state index in [0.29, 0.717) is 5.76 Å². The van der Waals surface area contributed by atoms with Crippen LogP contribution in [0, 0.1) is 11.8 Å². The third-order valence-electron chi connectivity index (χ3n) is 5.71. The standard InChI is InChI=1S/C34H46O6S2/c1-11-17-18-19-34(27(9)10)42(38,39)32(16-6)23-21-29(13-3)40-33(26(7)8)25-24-31(15-5)41(36,37)30(14-4)22-20-28(35)12-2/h12-14,16-27,35H,2-4,6,11,15H2,1,5,7-10H3/b18-17-,28-20+,29-21+,30-22+,31-24+,32-23+,33-25+,34-19+. The van der Waals surface area contributed by atoms with Gasteiger partial charge in [-0.3, -0.25) is 0 Å². The number of ether oxygens (including phenoxy) is 1. The first-order valence-electron chi connectivity index (χ1n) is 13.7. The maximum atomic E-state index is 13.4. The van der Waals surface area contributed by atoms with Gasteiger partial charge in [-0.05, 0) is 73.4 Å². The van der Waals surface area contributed by atoms with Crippen molar-refractivity contribution in [3.8, 4) is 0 Å². The van der Waals surface area contributed by atoms with Crippen molar-refractivity contribution in [3.63, 3.8) is 0 Å². The minimum Gasteiger partial charge on any atom is -0.508 e. The largest absolute Gasteiger partial charge is 0.508 e. The SMILES string of the molecule is C=C/C(O)=C\C=C(/C=C)S(=O)(=O)/C(=C/C=C(/O/C(C=C)=C/C=C(\C=C)S(=O)(=O)/C(=C/C=C\CC)C(C)C)C(C)C)CC. The summed E-state index contributed by atoms with van der Waals surface area (Å²) < 4.78 is 59.2. The van der Waals surface area contributed by atoms with Crippen LogP contribution in [-0.4, -0.2) is 21.9 Å². The van der Waals surface area contributed by atoms with Crippen molar-refractivity contribution in [2.24, 2.45) is 11.8 Å². The quantitative estimate of drug-likeness (QED) is 0.122. The zero-order valence-corrected chi connectivity index (χ0v) is 27.3. The molecule has 0 spiro atoms. The van der Waals surface area contributed by atoms with Crippen LogP contribution in [0.4, 0.5) is 0 Å². The van der Waals surface area contributed by atoms with E-state index in [-0.39, 0.29) is 49.4 Å². The number of hydrogen-bond acceptors (Lipinski definition) is 6. The van der Waals surface area contributed by atoms with E-state index < -0.39 is 19.7 Å². The fourth-order valence-electron chi connectivity index (χ4n) is 3.31. The molecule has 42 heavy (non-hydrogen) atoms. The first-order chi connectivity index (χ1) is 19.7. The zero-order chi connectivity index (χ0) is 32.5. The van der Waals surface area contributed by atoms with Crippen LogP contribution in [0.15, 0.2) is 142 Å². The van der Waals surface area contributed by atoms with Crippen molar-refractivity contribution in [3.05, 3.63) is 142 Å². The molecule has 8 heteroatoms. The molecule has 0 radical (unpaired) electrons. The van der Waals surface area contributed by atoms with Crippen molar-refractivity contribution in [1.29, 1.82) is 0 Å². The van der Waals surface area contributed by atoms with Crippen molar-refractivity contribution in [2.75, 3.05) is 0 Å². The minimum absolute atomic E-state index is 0.00455. The second-order valence-corrected chi connectivity index (χ2v) is 13.4. The summed E-state index contributed by atoms with van der Waals surface area (Å²) in [6.45, 7) is 25.5. The van der Waals surface area contributed by atoms with Gasteiger partial charge < -0.3 is 9.84 Å². The van der Waals surface area contributed by atoms with Crippen molar-refractivity contribution in [2.45, 2.75) is 54.4 Å². The first-order valence-corrected chi connectivity index (χ1v) is 16.6. The topological polar surface area (TPSA) is 97.7 Å². The molecule has 0 atom stereocenters. The fourth-order valence-corrected chi connectivity index (χ4v) is 6.32. The van der Waals surface area contributed by atoms with Crippen LogP contribution in [0.3, 0.4) is 0 Å². The van der Waals surface area contributed by atoms with Crippen LogP contribution < -0.4 is 0 Å². The molecule has 0 aromatic rings. The van der Waals surface area contributed by atoms with Gasteiger partial charge in [0.25, 0.3) is 0 Å². The number of aliphatic hydroxyl groups is 1. The highest BCUT2D eigenvalue weighted by atomic mass is 32.2. The molecule has 0 amide bonds. The highest BCUT2D eigenvalue weighted by Gasteiger charge is 2.23. The normalized spacial score (nSPS) is 15.4. The second-order valence-electron chi connectivity index (χ2n) is 9.49. The summed E-state index contributed by atoms with van der Waals surface area (Å²) in [5.41, 5.74) is 0. The van der Waals surface area contributed by atoms with E-state index in [1.54, 1.807) is 25.2 Å². The van der Waals surface area contributed by atoms with Crippen LogP contribution in [-0.2, 0) is 24.4 Å². The van der Waals surface area contributed by atoms with Gasteiger partial charge >= 0.3 is 0 Å². The lowest BCUT2D eigenvalue weighted by molar-refractivity contribution is 0.279. The molecule has 0 rings (SSSR count). The summed E-state index contributed by atoms with van der Waals surface area (Å²) >= 11 is 0. The van der Waals surface area contributed by atoms with E-state index in [0.717, 1.165) is 6.42 Å². The van der Waals surface area contributed by atoms with Gasteiger partial charge in [0.2, 0.25) is 19.7 Å². The lowest BCUT2D eigenvalue weighted by Gasteiger charge is -2.15. The smallest absolute Gasteiger partial charge is 0.203 e. The lowest BCUT2D eigenvalue weighted by Crippen LogP contribution is -2.11. The molecule has 0 aliphatic rings. The van der Waals surface area contributed by atoms with E-state index in [2.05, 4.69) is 26.3 Å². The van der Waals surface area contributed by atoms with Crippen molar-refractivity contribution in [1.82, 2.24) is 0 Å². The van der Waals surface area contributed by atoms with Crippen LogP contribution in [0.1, 0.15) is 54.4 Å². The molecule has 0 fully saturated rings. The van der Waals surface area contributed by atoms with Crippen molar-refractivity contribution < 1.29 is 26.7 Å². The van der Waals surface area contributed by atoms with E-state index in [1.165, 1.54) is 54.7 Å². The molecule has 0 aliphatic heterocycles. The Morgan fingerprint density at radius 3 is 1.74 bits per heavy atom. The molecule has 0 heterocycles. The van der Waals surface area contributed by atoms with Crippen LogP contribution in [0.5, 0.6) is 0 Å². The van der Waals surface area contributed by atoms with Gasteiger partial charge in [-0.15, -0.1) is 0 Å². The van der Waals surface area contributed by atoms with Gasteiger partial charge in [-0.1, -0.05) is 92.2 Å². The molecule has 1 N–H and O–H groups in total. The fraction of sp³-hybridized carbons (Fsp3) is 0.294. The molecule has 6 nitrogen and oxygen atoms in total. The Balaban J connectivity index is 6.67. The summed E-state index contributed by atoms with van der Waals surface area (Å²) in [7, 11) is -7.72. The number of allylic oxidation sites excluding steroid dienone is 16. The molecular weight excluding hydrogens is 569 g/mol. The molecule has 0 bridgehead atoms. The Hall–Kier alpha value is -3.62. The molecule has 0 saturated carbocycles. The summed E-state index contributed by atoms with van der Waals surface area (Å²) in [6, 6.07) is 0. The van der Waals surface area contributed by atoms with Gasteiger partial charge in [0.1, 0.15) is 17.3 Å². The first kappa shape index (κ1) is 38.4. The summed E-state index contributed by atoms with van der Waals surface area (Å²) in [5.74, 6) is 0.109. The van der Waals surface area contributed by atoms with Crippen LogP contribution in [0.25, 0.3) is 0 Å². The van der Waals surface area contributed by atoms with Gasteiger partial charge in [-0.25, -0.2) is 16.8 Å². The Labute approximate surface area is 254 Å². The molecule has 0 aliphatic carbocycles. The average molecular weight is 615 g/mol. The molecule has 0 unspecified atom stereocenters. The Morgan fingerprint density at radius 1 is 0.714 bits per heavy atom. The Bertz CT molecular complexity index is 1450. The predicted molar refractivity (Wildman–Crippen MR) is 178 cm³/mol. The summed E-state index contributed by atoms with van der Waals surface area (Å²) in [6.07, 6.45) is 19.7. The molecule has 230 valence electrons. The van der Waals surface area contributed by atoms with Gasteiger partial charge in [0.15, 0.2) is 0 Å². The molecule has 0 aromatic carbocycles. The molecule has 0 saturated heterocycles. The molecule has 0 aromatic heterocycles. The third-order valence-corrected chi connectivity index (χ3v) is 9.90. The molecular formula is C34H46O6S2. The highest BCUT2D eigenvalue weighted by molar-refractivity contribution is 7.99. The van der Waals surface area contributed by atoms with Crippen molar-refractivity contribution >= 4 is 19.7 Å². The van der Waals surface area contributed by atoms with E-state index in [1.807, 2.05) is 40.7 Å². The summed E-state index contributed by atoms with van der Waals surface area (Å²) in [5, 5.41) is 9.61. The van der Waals surface area contributed by atoms with E-state index >= 15 is 0 Å². The second kappa shape index (κ2) is 18.7. The monoisotopic (exact) mass is 614 g/mol. The van der Waals surface area contributed by atoms with Crippen LogP contribution in [0.2, 0.25) is 0 Å². The third kappa shape index (κ3) is 11.7. The Kier molecular flexibility index (Phi) is 17.1. The van der Waals surface area contributed by atoms with E-state index in [9.17, 15) is 21.9 Å². The van der Waals surface area contributed by atoms with Gasteiger partial charge in [0.05, 0.1) is 14.7 Å². The average Bonchev–Trinajstić information content (AvgIpc) is 2.93. The zero-order valence-electron chi connectivity index (χ0n) is 25.7. The maximum absolute atomic E-state index is 13.4. The maximum Gasteiger partial charge on any atom is 0.203 e. The number of rotatable bonds is 18. The summed E-state index contributed by atoms with van der Waals surface area (Å²) in [4.78, 5) is 0.289. The number of hydrogen-bond donors (Lipinski definition) is 1. The van der Waals surface area contributed by atoms with E-state index in [4.69, 9.17) is 4.74 Å². The minimum atomic E-state index is -3.91. The predicted octanol–water partition coefficient (Wildman–Crippen LogP) is 9.01. The van der Waals surface area contributed by atoms with Gasteiger partial charge in [0, 0.05) is 10.8 Å². The Morgan fingerprint density at radius 2 is 1.29 bits per heavy atom.